The summed E-state index contributed by atoms with van der Waals surface area (Å²) in [6.07, 6.45) is 1.31. The lowest BCUT2D eigenvalue weighted by molar-refractivity contribution is 0.262. The minimum atomic E-state index is -3.07. The van der Waals surface area contributed by atoms with Crippen molar-refractivity contribution in [3.63, 3.8) is 0 Å². The molecule has 1 atom stereocenters. The number of nitrogens with zero attached hydrogens (tertiary/aromatic N) is 2. The first-order valence-electron chi connectivity index (χ1n) is 6.42. The molecule has 0 radical (unpaired) electrons. The van der Waals surface area contributed by atoms with Crippen LogP contribution in [0.5, 0.6) is 0 Å². The fraction of sp³-hybridized carbons (Fsp3) is 0.500. The first-order chi connectivity index (χ1) is 9.41. The van der Waals surface area contributed by atoms with Gasteiger partial charge in [-0.3, -0.25) is 4.90 Å². The first kappa shape index (κ1) is 15.4. The summed E-state index contributed by atoms with van der Waals surface area (Å²) in [6, 6.07) is 7.68. The Bertz CT molecular complexity index is 635. The number of sulfone groups is 1. The average molecular weight is 310 g/mol. The van der Waals surface area contributed by atoms with Gasteiger partial charge in [0.05, 0.1) is 11.6 Å². The van der Waals surface area contributed by atoms with Gasteiger partial charge < -0.3 is 0 Å². The molecule has 1 aromatic rings. The van der Waals surface area contributed by atoms with E-state index in [2.05, 4.69) is 6.07 Å². The number of thioether (sulfide) groups is 1. The van der Waals surface area contributed by atoms with Crippen LogP contribution in [0.3, 0.4) is 0 Å². The van der Waals surface area contributed by atoms with E-state index in [9.17, 15) is 8.42 Å². The summed E-state index contributed by atoms with van der Waals surface area (Å²) < 4.78 is 23.7. The molecule has 0 spiro atoms. The van der Waals surface area contributed by atoms with E-state index in [4.69, 9.17) is 5.26 Å². The van der Waals surface area contributed by atoms with Crippen LogP contribution in [0.1, 0.15) is 16.7 Å². The van der Waals surface area contributed by atoms with Crippen molar-refractivity contribution in [3.05, 3.63) is 34.9 Å². The number of rotatable bonds is 3. The lowest BCUT2D eigenvalue weighted by Gasteiger charge is -2.34. The lowest BCUT2D eigenvalue weighted by Crippen LogP contribution is -2.46. The number of hydrogen-bond donors (Lipinski definition) is 0. The lowest BCUT2D eigenvalue weighted by atomic mass is 10.1. The third-order valence-corrected chi connectivity index (χ3v) is 6.22. The third kappa shape index (κ3) is 3.54. The highest BCUT2D eigenvalue weighted by molar-refractivity contribution is 8.00. The minimum absolute atomic E-state index is 0.406. The topological polar surface area (TPSA) is 61.2 Å². The van der Waals surface area contributed by atoms with Crippen LogP contribution in [0, 0.1) is 18.3 Å². The predicted octanol–water partition coefficient (Wildman–Crippen LogP) is 1.79. The van der Waals surface area contributed by atoms with Crippen LogP contribution >= 0.6 is 11.8 Å². The van der Waals surface area contributed by atoms with E-state index in [0.717, 1.165) is 23.4 Å². The van der Waals surface area contributed by atoms with Gasteiger partial charge in [-0.15, -0.1) is 0 Å². The van der Waals surface area contributed by atoms with E-state index < -0.39 is 15.2 Å². The highest BCUT2D eigenvalue weighted by Crippen LogP contribution is 2.23. The van der Waals surface area contributed by atoms with Gasteiger partial charge >= 0.3 is 0 Å². The van der Waals surface area contributed by atoms with Crippen LogP contribution in [0.2, 0.25) is 0 Å². The van der Waals surface area contributed by atoms with E-state index in [1.165, 1.54) is 6.26 Å². The molecule has 2 rings (SSSR count). The molecule has 1 heterocycles. The Labute approximate surface area is 124 Å². The van der Waals surface area contributed by atoms with E-state index >= 15 is 0 Å². The van der Waals surface area contributed by atoms with Crippen LogP contribution in [-0.4, -0.2) is 43.0 Å². The predicted molar refractivity (Wildman–Crippen MR) is 82.3 cm³/mol. The summed E-state index contributed by atoms with van der Waals surface area (Å²) >= 11 is 1.69. The van der Waals surface area contributed by atoms with Gasteiger partial charge in [0.25, 0.3) is 0 Å². The number of hydrogen-bond acceptors (Lipinski definition) is 5. The molecule has 1 fully saturated rings. The Morgan fingerprint density at radius 2 is 2.25 bits per heavy atom. The zero-order valence-electron chi connectivity index (χ0n) is 11.7. The van der Waals surface area contributed by atoms with Crippen LogP contribution in [-0.2, 0) is 16.4 Å². The van der Waals surface area contributed by atoms with Gasteiger partial charge in [0, 0.05) is 30.9 Å². The molecular formula is C14H18N2O2S2. The fourth-order valence-electron chi connectivity index (χ4n) is 2.35. The van der Waals surface area contributed by atoms with Gasteiger partial charge in [-0.2, -0.15) is 17.0 Å². The number of aryl methyl sites for hydroxylation is 1. The molecule has 20 heavy (non-hydrogen) atoms. The second-order valence-electron chi connectivity index (χ2n) is 5.08. The summed E-state index contributed by atoms with van der Waals surface area (Å²) in [7, 11) is -3.07. The zero-order valence-corrected chi connectivity index (χ0v) is 13.3. The van der Waals surface area contributed by atoms with Gasteiger partial charge in [-0.25, -0.2) is 8.42 Å². The number of nitriles is 1. The van der Waals surface area contributed by atoms with Crippen molar-refractivity contribution < 1.29 is 8.42 Å². The Morgan fingerprint density at radius 1 is 1.50 bits per heavy atom. The highest BCUT2D eigenvalue weighted by atomic mass is 32.2. The van der Waals surface area contributed by atoms with Crippen LogP contribution in [0.25, 0.3) is 0 Å². The van der Waals surface area contributed by atoms with E-state index in [0.29, 0.717) is 17.9 Å². The minimum Gasteiger partial charge on any atom is -0.281 e. The summed E-state index contributed by atoms with van der Waals surface area (Å²) in [4.78, 5) is 2.03. The summed E-state index contributed by atoms with van der Waals surface area (Å²) in [5.41, 5.74) is 2.76. The Balaban J connectivity index is 2.21. The van der Waals surface area contributed by atoms with Crippen molar-refractivity contribution in [3.8, 4) is 6.07 Å². The van der Waals surface area contributed by atoms with Crippen molar-refractivity contribution in [2.45, 2.75) is 18.8 Å². The normalized spacial score (nSPS) is 20.6. The highest BCUT2D eigenvalue weighted by Gasteiger charge is 2.30. The van der Waals surface area contributed by atoms with Crippen LogP contribution in [0.15, 0.2) is 18.2 Å². The molecule has 108 valence electrons. The van der Waals surface area contributed by atoms with E-state index in [1.54, 1.807) is 17.8 Å². The van der Waals surface area contributed by atoms with Crippen molar-refractivity contribution in [1.82, 2.24) is 4.90 Å². The molecule has 1 aromatic carbocycles. The largest absolute Gasteiger partial charge is 0.281 e. The molecule has 1 aliphatic rings. The molecule has 0 N–H and O–H groups in total. The molecule has 1 unspecified atom stereocenters. The molecule has 0 bridgehead atoms. The summed E-state index contributed by atoms with van der Waals surface area (Å²) in [5, 5.41) is 8.47. The Kier molecular flexibility index (Phi) is 4.74. The van der Waals surface area contributed by atoms with Gasteiger partial charge in [0.1, 0.15) is 5.37 Å². The Morgan fingerprint density at radius 3 is 2.85 bits per heavy atom. The smallest absolute Gasteiger partial charge is 0.164 e. The molecule has 0 aliphatic carbocycles. The van der Waals surface area contributed by atoms with Gasteiger partial charge in [0.15, 0.2) is 9.84 Å². The molecule has 1 aliphatic heterocycles. The zero-order chi connectivity index (χ0) is 14.8. The van der Waals surface area contributed by atoms with Crippen molar-refractivity contribution >= 4 is 21.6 Å². The van der Waals surface area contributed by atoms with Gasteiger partial charge in [-0.05, 0) is 30.2 Å². The molecule has 0 saturated carbocycles. The Hall–Kier alpha value is -1.03. The molecule has 6 heteroatoms. The van der Waals surface area contributed by atoms with E-state index in [-0.39, 0.29) is 0 Å². The van der Waals surface area contributed by atoms with Crippen molar-refractivity contribution in [2.24, 2.45) is 0 Å². The monoisotopic (exact) mass is 310 g/mol. The summed E-state index contributed by atoms with van der Waals surface area (Å²) in [5.74, 6) is 1.59. The van der Waals surface area contributed by atoms with Crippen molar-refractivity contribution in [1.29, 1.82) is 5.26 Å². The van der Waals surface area contributed by atoms with Crippen LogP contribution < -0.4 is 0 Å². The van der Waals surface area contributed by atoms with Crippen molar-refractivity contribution in [2.75, 3.05) is 24.3 Å². The quantitative estimate of drug-likeness (QED) is 0.852. The number of benzene rings is 1. The van der Waals surface area contributed by atoms with E-state index in [1.807, 2.05) is 24.0 Å². The summed E-state index contributed by atoms with van der Waals surface area (Å²) in [6.45, 7) is 3.36. The third-order valence-electron chi connectivity index (χ3n) is 3.53. The van der Waals surface area contributed by atoms with Gasteiger partial charge in [0.2, 0.25) is 0 Å². The maximum Gasteiger partial charge on any atom is 0.164 e. The average Bonchev–Trinajstić information content (AvgIpc) is 2.40. The molecule has 1 saturated heterocycles. The molecule has 4 nitrogen and oxygen atoms in total. The SMILES string of the molecule is Cc1cc(C#N)ccc1CN1CCSCC1S(C)(=O)=O. The standard InChI is InChI=1S/C14H18N2O2S2/c1-11-7-12(8-15)3-4-13(11)9-16-5-6-19-10-14(16)20(2,17)18/h3-4,7,14H,5-6,9-10H2,1-2H3. The molecule has 0 amide bonds. The maximum absolute atomic E-state index is 11.9. The van der Waals surface area contributed by atoms with Gasteiger partial charge in [-0.1, -0.05) is 6.07 Å². The second kappa shape index (κ2) is 6.17. The molecule has 0 aromatic heterocycles. The second-order valence-corrected chi connectivity index (χ2v) is 8.44. The van der Waals surface area contributed by atoms with Crippen LogP contribution in [0.4, 0.5) is 0 Å². The fourth-order valence-corrected chi connectivity index (χ4v) is 5.29. The first-order valence-corrected chi connectivity index (χ1v) is 9.53. The molecular weight excluding hydrogens is 292 g/mol. The maximum atomic E-state index is 11.9.